The smallest absolute Gasteiger partial charge is 0.278 e. The third-order valence-corrected chi connectivity index (χ3v) is 12.4. The van der Waals surface area contributed by atoms with Crippen molar-refractivity contribution in [3.8, 4) is 11.5 Å². The van der Waals surface area contributed by atoms with Crippen molar-refractivity contribution >= 4 is 23.6 Å². The predicted molar refractivity (Wildman–Crippen MR) is 257 cm³/mol. The van der Waals surface area contributed by atoms with Crippen LogP contribution in [0, 0.1) is 34.9 Å². The number of carbonyl (C=O) groups excluding carboxylic acids is 4. The molecule has 0 aliphatic carbocycles. The molecule has 4 atom stereocenters. The number of nitrogens with one attached hydrogen (secondary N) is 2. The molecular weight excluding hydrogens is 1020 g/mol. The van der Waals surface area contributed by atoms with Crippen LogP contribution in [0.2, 0.25) is 0 Å². The zero-order valence-electron chi connectivity index (χ0n) is 40.6. The average Bonchev–Trinajstić information content (AvgIpc) is 3.65. The summed E-state index contributed by atoms with van der Waals surface area (Å²) in [5.74, 6) is -12.1. The van der Waals surface area contributed by atoms with Crippen LogP contribution in [0.3, 0.4) is 0 Å². The number of hydrogen-bond acceptors (Lipinski definition) is 11. The summed E-state index contributed by atoms with van der Waals surface area (Å²) in [6, 6.07) is 8.09. The first kappa shape index (κ1) is 55.3. The van der Waals surface area contributed by atoms with Crippen molar-refractivity contribution in [3.63, 3.8) is 0 Å². The van der Waals surface area contributed by atoms with E-state index in [2.05, 4.69) is 10.6 Å². The van der Waals surface area contributed by atoms with Crippen LogP contribution in [0.25, 0.3) is 0 Å². The average molecular weight is 1070 g/mol. The van der Waals surface area contributed by atoms with Crippen LogP contribution in [0.15, 0.2) is 101 Å². The van der Waals surface area contributed by atoms with E-state index in [9.17, 15) is 69.0 Å². The van der Waals surface area contributed by atoms with Gasteiger partial charge >= 0.3 is 0 Å². The second-order valence-electron chi connectivity index (χ2n) is 17.4. The normalized spacial score (nSPS) is 18.1. The molecule has 5 aromatic rings. The maximum Gasteiger partial charge on any atom is 0.278 e. The highest BCUT2D eigenvalue weighted by molar-refractivity contribution is 6.01. The van der Waals surface area contributed by atoms with Gasteiger partial charge in [0.25, 0.3) is 23.6 Å². The van der Waals surface area contributed by atoms with E-state index in [1.54, 1.807) is 74.3 Å². The minimum atomic E-state index is -1.23. The fourth-order valence-corrected chi connectivity index (χ4v) is 8.43. The molecule has 25 heteroatoms. The van der Waals surface area contributed by atoms with Gasteiger partial charge in [0.2, 0.25) is 10.9 Å². The van der Waals surface area contributed by atoms with Crippen LogP contribution in [-0.4, -0.2) is 110 Å². The number of aromatic hydroxyl groups is 1. The highest BCUT2D eigenvalue weighted by Gasteiger charge is 2.42. The summed E-state index contributed by atoms with van der Waals surface area (Å²) in [5.41, 5.74) is -4.35. The maximum absolute atomic E-state index is 14.1. The summed E-state index contributed by atoms with van der Waals surface area (Å²) in [6.07, 6.45) is 8.59. The van der Waals surface area contributed by atoms with Crippen molar-refractivity contribution in [3.05, 3.63) is 186 Å². The lowest BCUT2D eigenvalue weighted by Crippen LogP contribution is -2.58. The van der Waals surface area contributed by atoms with Crippen LogP contribution in [0.4, 0.5) is 35.1 Å². The van der Waals surface area contributed by atoms with E-state index in [4.69, 9.17) is 9.84 Å². The fraction of sp³-hybridized carbons (Fsp3) is 0.294. The van der Waals surface area contributed by atoms with Gasteiger partial charge in [-0.15, -0.1) is 0 Å². The number of fused-ring (bicyclic) bond motifs is 8. The van der Waals surface area contributed by atoms with E-state index >= 15 is 0 Å². The molecule has 0 saturated heterocycles. The lowest BCUT2D eigenvalue weighted by Gasteiger charge is -2.42. The number of hydrogen-bond donors (Lipinski definition) is 4. The number of aliphatic hydroxyl groups excluding tert-OH is 1. The largest absolute Gasteiger partial charge is 0.502 e. The van der Waals surface area contributed by atoms with Crippen molar-refractivity contribution < 1.29 is 69.3 Å². The van der Waals surface area contributed by atoms with Crippen LogP contribution in [0.5, 0.6) is 11.5 Å². The Morgan fingerprint density at radius 3 is 1.49 bits per heavy atom. The molecule has 3 aromatic carbocycles. The maximum atomic E-state index is 14.1. The number of benzene rings is 3. The molecule has 2 aromatic heterocycles. The monoisotopic (exact) mass is 1070 g/mol. The topological polar surface area (TPSA) is 199 Å². The van der Waals surface area contributed by atoms with Crippen molar-refractivity contribution in [2.75, 3.05) is 43.3 Å². The Labute approximate surface area is 427 Å². The van der Waals surface area contributed by atoms with Gasteiger partial charge in [-0.1, -0.05) is 54.6 Å². The summed E-state index contributed by atoms with van der Waals surface area (Å²) in [7, 11) is 0. The highest BCUT2D eigenvalue weighted by atomic mass is 19.2. The fourth-order valence-electron chi connectivity index (χ4n) is 8.43. The van der Waals surface area contributed by atoms with Crippen LogP contribution in [-0.2, 0) is 19.7 Å². The Bertz CT molecular complexity index is 3200. The molecule has 6 heterocycles. The number of carbonyl (C=O) groups is 4. The van der Waals surface area contributed by atoms with Crippen LogP contribution in [0.1, 0.15) is 79.2 Å². The van der Waals surface area contributed by atoms with E-state index in [0.717, 1.165) is 22.0 Å². The molecule has 4 N–H and O–H groups in total. The number of pyridine rings is 2. The van der Waals surface area contributed by atoms with Crippen molar-refractivity contribution in [2.45, 2.75) is 64.6 Å². The van der Waals surface area contributed by atoms with Gasteiger partial charge in [-0.05, 0) is 26.3 Å². The molecule has 9 rings (SSSR count). The molecule has 4 amide bonds. The van der Waals surface area contributed by atoms with E-state index < -0.39 is 153 Å². The lowest BCUT2D eigenvalue weighted by molar-refractivity contribution is 0.0610. The van der Waals surface area contributed by atoms with Gasteiger partial charge in [-0.3, -0.25) is 48.1 Å². The third-order valence-electron chi connectivity index (χ3n) is 12.4. The summed E-state index contributed by atoms with van der Waals surface area (Å²) in [5, 5.41) is 25.7. The quantitative estimate of drug-likeness (QED) is 0.103. The highest BCUT2D eigenvalue weighted by Crippen LogP contribution is 2.30. The van der Waals surface area contributed by atoms with Crippen molar-refractivity contribution in [1.29, 1.82) is 0 Å². The van der Waals surface area contributed by atoms with Gasteiger partial charge in [-0.25, -0.2) is 35.1 Å². The minimum Gasteiger partial charge on any atom is -0.502 e. The molecule has 4 aliphatic heterocycles. The van der Waals surface area contributed by atoms with E-state index in [1.165, 1.54) is 20.7 Å². The zero-order valence-corrected chi connectivity index (χ0v) is 40.6. The number of rotatable bonds is 11. The summed E-state index contributed by atoms with van der Waals surface area (Å²) < 4.78 is 118. The number of amides is 4. The second kappa shape index (κ2) is 23.4. The number of nitrogens with zero attached hydrogens (tertiary/aromatic N) is 6. The molecule has 4 bridgehead atoms. The lowest BCUT2D eigenvalue weighted by atomic mass is 10.1. The Morgan fingerprint density at radius 1 is 0.645 bits per heavy atom. The standard InChI is InChI=1S/C28H24F4N4O4.C21H18F4N4O4.C2H6O/c1-16-7-8-19(11-29)34-15-36(16)35-13-21(27(38)33-12-20-22(31)9-18(30)10-23(20)32)25(37)26(24(35)28(34)39)40-14-17-5-3-2-4-6-17;1-10-2-3-12(6-22)27-9-29(10)28-8-14(18(30)19(31)17(28)21(27)33)20(32)26-7-13-15(24)4-11(23)5-16(13)25;1-2-3/h2-10,13,16,19H,11-12,14-15H2,1H3,(H,33,38);2-5,8,10,12,31H,6-7,9H2,1H3,(H,26,32);3H,2H2,1H3/t16-,19-;10-,12-;/m11./s1. The van der Waals surface area contributed by atoms with Gasteiger partial charge in [-0.2, -0.15) is 0 Å². The Balaban J connectivity index is 0.000000214. The summed E-state index contributed by atoms with van der Waals surface area (Å²) in [6.45, 7) is 2.12. The van der Waals surface area contributed by atoms with Gasteiger partial charge in [0.05, 0.1) is 24.2 Å². The molecule has 76 heavy (non-hydrogen) atoms. The van der Waals surface area contributed by atoms with E-state index in [0.29, 0.717) is 29.8 Å². The molecule has 0 radical (unpaired) electrons. The van der Waals surface area contributed by atoms with Gasteiger partial charge in [0.15, 0.2) is 22.9 Å². The molecule has 4 aliphatic rings. The minimum absolute atomic E-state index is 0.0390. The Kier molecular flexibility index (Phi) is 17.0. The molecule has 17 nitrogen and oxygen atoms in total. The Morgan fingerprint density at radius 2 is 1.05 bits per heavy atom. The summed E-state index contributed by atoms with van der Waals surface area (Å²) in [4.78, 5) is 80.9. The SMILES string of the molecule is CCO.C[C@@H]1C=C[C@H](CF)N2CN1n1cc(C(=O)NCc3c(F)cc(F)cc3F)c(=O)c(O)c1C2=O.C[C@@H]1C=C[C@H](CF)N2CN1n1cc(C(=O)NCc3c(F)cc(F)cc3F)c(=O)c(OCc3ccccc3)c1C2=O. The molecule has 0 saturated carbocycles. The number of ether oxygens (including phenoxy) is 1. The second-order valence-corrected chi connectivity index (χ2v) is 17.4. The van der Waals surface area contributed by atoms with E-state index in [-0.39, 0.29) is 38.3 Å². The van der Waals surface area contributed by atoms with Crippen LogP contribution < -0.4 is 36.2 Å². The van der Waals surface area contributed by atoms with Crippen molar-refractivity contribution in [2.24, 2.45) is 0 Å². The molecule has 402 valence electrons. The van der Waals surface area contributed by atoms with E-state index in [1.807, 2.05) is 0 Å². The van der Waals surface area contributed by atoms with Gasteiger partial charge < -0.3 is 35.4 Å². The van der Waals surface area contributed by atoms with Gasteiger partial charge in [0.1, 0.15) is 79.3 Å². The number of halogens is 8. The number of alkyl halides is 2. The van der Waals surface area contributed by atoms with Gasteiger partial charge in [0, 0.05) is 67.5 Å². The molecule has 0 unspecified atom stereocenters. The first-order chi connectivity index (χ1) is 36.2. The first-order valence-corrected chi connectivity index (χ1v) is 23.3. The zero-order chi connectivity index (χ0) is 55.3. The van der Waals surface area contributed by atoms with Crippen molar-refractivity contribution in [1.82, 2.24) is 29.8 Å². The molecule has 0 spiro atoms. The summed E-state index contributed by atoms with van der Waals surface area (Å²) >= 11 is 0. The molecule has 0 fully saturated rings. The number of aliphatic hydroxyl groups is 1. The first-order valence-electron chi connectivity index (χ1n) is 23.3. The molecular formula is C51H48F8N8O9. The predicted octanol–water partition coefficient (Wildman–Crippen LogP) is 4.97. The van der Waals surface area contributed by atoms with Crippen LogP contribution >= 0.6 is 0 Å². The Hall–Kier alpha value is -8.48. The third kappa shape index (κ3) is 11.1. The number of aromatic nitrogens is 2.